The summed E-state index contributed by atoms with van der Waals surface area (Å²) in [5, 5.41) is 18.1. The molecule has 0 fully saturated rings. The van der Waals surface area contributed by atoms with Gasteiger partial charge in [0, 0.05) is 29.1 Å². The molecule has 0 bridgehead atoms. The number of hydrogen-bond donors (Lipinski definition) is 3. The molecule has 7 heteroatoms. The summed E-state index contributed by atoms with van der Waals surface area (Å²) in [5.41, 5.74) is 0. The lowest BCUT2D eigenvalue weighted by molar-refractivity contribution is 0.292. The number of nitrogens with one attached hydrogen (secondary N) is 2. The van der Waals surface area contributed by atoms with Crippen molar-refractivity contribution in [2.24, 2.45) is 0 Å². The highest BCUT2D eigenvalue weighted by molar-refractivity contribution is 9.10. The molecule has 0 unspecified atom stereocenters. The topological polar surface area (TPSA) is 70.1 Å². The van der Waals surface area contributed by atoms with E-state index in [1.807, 2.05) is 17.5 Å². The molecule has 96 valence electrons. The van der Waals surface area contributed by atoms with Crippen LogP contribution in [0.2, 0.25) is 0 Å². The van der Waals surface area contributed by atoms with Crippen LogP contribution >= 0.6 is 27.3 Å². The molecule has 0 aromatic carbocycles. The largest absolute Gasteiger partial charge is 0.396 e. The number of aromatic nitrogens is 2. The molecule has 0 atom stereocenters. The van der Waals surface area contributed by atoms with E-state index in [-0.39, 0.29) is 6.61 Å². The van der Waals surface area contributed by atoms with E-state index in [0.717, 1.165) is 21.1 Å². The maximum atomic E-state index is 8.71. The van der Waals surface area contributed by atoms with E-state index in [9.17, 15) is 0 Å². The van der Waals surface area contributed by atoms with Crippen LogP contribution in [0.1, 0.15) is 6.42 Å². The van der Waals surface area contributed by atoms with Crippen molar-refractivity contribution in [3.63, 3.8) is 0 Å². The fourth-order valence-corrected chi connectivity index (χ4v) is 2.65. The molecule has 2 aromatic rings. The van der Waals surface area contributed by atoms with Crippen molar-refractivity contribution in [1.82, 2.24) is 9.97 Å². The van der Waals surface area contributed by atoms with Crippen LogP contribution < -0.4 is 10.6 Å². The van der Waals surface area contributed by atoms with Crippen molar-refractivity contribution in [3.8, 4) is 0 Å². The number of rotatable bonds is 6. The van der Waals surface area contributed by atoms with E-state index in [1.165, 1.54) is 6.33 Å². The van der Waals surface area contributed by atoms with E-state index in [4.69, 9.17) is 5.11 Å². The van der Waals surface area contributed by atoms with E-state index in [1.54, 1.807) is 11.3 Å². The molecule has 0 saturated carbocycles. The Balaban J connectivity index is 1.98. The highest BCUT2D eigenvalue weighted by Gasteiger charge is 2.01. The van der Waals surface area contributed by atoms with E-state index in [2.05, 4.69) is 36.5 Å². The van der Waals surface area contributed by atoms with E-state index < -0.39 is 0 Å². The smallest absolute Gasteiger partial charge is 0.136 e. The molecule has 0 radical (unpaired) electrons. The lowest BCUT2D eigenvalue weighted by Gasteiger charge is -2.06. The van der Waals surface area contributed by atoms with Crippen LogP contribution in [0.15, 0.2) is 28.3 Å². The average Bonchev–Trinajstić information content (AvgIpc) is 2.76. The molecule has 0 aliphatic carbocycles. The summed E-state index contributed by atoms with van der Waals surface area (Å²) in [6, 6.07) is 3.83. The van der Waals surface area contributed by atoms with Gasteiger partial charge in [0.2, 0.25) is 0 Å². The Morgan fingerprint density at radius 1 is 1.28 bits per heavy atom. The number of anilines is 3. The molecule has 2 heterocycles. The van der Waals surface area contributed by atoms with E-state index >= 15 is 0 Å². The third-order valence-corrected chi connectivity index (χ3v) is 3.73. The molecular weight excluding hydrogens is 316 g/mol. The normalized spacial score (nSPS) is 10.3. The molecular formula is C11H13BrN4OS. The van der Waals surface area contributed by atoms with Crippen molar-refractivity contribution >= 4 is 43.9 Å². The molecule has 0 spiro atoms. The van der Waals surface area contributed by atoms with Crippen molar-refractivity contribution in [1.29, 1.82) is 0 Å². The minimum Gasteiger partial charge on any atom is -0.396 e. The first-order valence-electron chi connectivity index (χ1n) is 5.46. The zero-order valence-electron chi connectivity index (χ0n) is 9.56. The number of halogens is 1. The standard InChI is InChI=1S/C11H13BrN4OS/c12-8-4-11(18-6-8)16-10-5-9(14-7-15-10)13-2-1-3-17/h4-7,17H,1-3H2,(H2,13,14,15,16). The lowest BCUT2D eigenvalue weighted by Crippen LogP contribution is -2.05. The summed E-state index contributed by atoms with van der Waals surface area (Å²) in [6.45, 7) is 0.865. The number of hydrogen-bond acceptors (Lipinski definition) is 6. The van der Waals surface area contributed by atoms with Crippen molar-refractivity contribution in [2.45, 2.75) is 6.42 Å². The predicted molar refractivity (Wildman–Crippen MR) is 77.5 cm³/mol. The van der Waals surface area contributed by atoms with Crippen LogP contribution in [-0.2, 0) is 0 Å². The quantitative estimate of drug-likeness (QED) is 0.711. The van der Waals surface area contributed by atoms with Crippen molar-refractivity contribution in [2.75, 3.05) is 23.8 Å². The molecule has 0 aliphatic heterocycles. The Bertz CT molecular complexity index is 505. The van der Waals surface area contributed by atoms with Gasteiger partial charge in [-0.05, 0) is 28.4 Å². The minimum absolute atomic E-state index is 0.173. The first-order valence-corrected chi connectivity index (χ1v) is 7.13. The Kier molecular flexibility index (Phi) is 4.91. The summed E-state index contributed by atoms with van der Waals surface area (Å²) in [5.74, 6) is 1.49. The molecule has 18 heavy (non-hydrogen) atoms. The summed E-state index contributed by atoms with van der Waals surface area (Å²) in [4.78, 5) is 8.26. The van der Waals surface area contributed by atoms with Crippen LogP contribution in [0, 0.1) is 0 Å². The van der Waals surface area contributed by atoms with Crippen LogP contribution in [0.25, 0.3) is 0 Å². The van der Waals surface area contributed by atoms with Gasteiger partial charge in [0.1, 0.15) is 18.0 Å². The molecule has 2 rings (SSSR count). The third-order valence-electron chi connectivity index (χ3n) is 2.13. The van der Waals surface area contributed by atoms with Gasteiger partial charge in [0.15, 0.2) is 0 Å². The van der Waals surface area contributed by atoms with Crippen LogP contribution in [-0.4, -0.2) is 28.2 Å². The molecule has 3 N–H and O–H groups in total. The lowest BCUT2D eigenvalue weighted by atomic mass is 10.4. The molecule has 2 aromatic heterocycles. The monoisotopic (exact) mass is 328 g/mol. The Morgan fingerprint density at radius 2 is 2.11 bits per heavy atom. The maximum Gasteiger partial charge on any atom is 0.136 e. The molecule has 0 aliphatic rings. The van der Waals surface area contributed by atoms with Gasteiger partial charge in [-0.3, -0.25) is 0 Å². The Hall–Kier alpha value is -1.18. The SMILES string of the molecule is OCCCNc1cc(Nc2cc(Br)cs2)ncn1. The van der Waals surface area contributed by atoms with Gasteiger partial charge in [-0.2, -0.15) is 0 Å². The number of aliphatic hydroxyl groups is 1. The van der Waals surface area contributed by atoms with Gasteiger partial charge in [0.25, 0.3) is 0 Å². The first kappa shape index (κ1) is 13.3. The second-order valence-corrected chi connectivity index (χ2v) is 5.37. The van der Waals surface area contributed by atoms with Gasteiger partial charge in [0.05, 0.1) is 5.00 Å². The summed E-state index contributed by atoms with van der Waals surface area (Å²) in [6.07, 6.45) is 2.21. The maximum absolute atomic E-state index is 8.71. The van der Waals surface area contributed by atoms with Gasteiger partial charge < -0.3 is 15.7 Å². The molecule has 5 nitrogen and oxygen atoms in total. The number of aliphatic hydroxyl groups excluding tert-OH is 1. The molecule has 0 amide bonds. The zero-order valence-corrected chi connectivity index (χ0v) is 12.0. The van der Waals surface area contributed by atoms with Gasteiger partial charge in [-0.25, -0.2) is 9.97 Å². The number of nitrogens with zero attached hydrogens (tertiary/aromatic N) is 2. The average molecular weight is 329 g/mol. The van der Waals surface area contributed by atoms with Gasteiger partial charge in [-0.15, -0.1) is 11.3 Å². The number of thiophene rings is 1. The third kappa shape index (κ3) is 3.94. The van der Waals surface area contributed by atoms with Crippen molar-refractivity contribution in [3.05, 3.63) is 28.3 Å². The van der Waals surface area contributed by atoms with Gasteiger partial charge in [-0.1, -0.05) is 0 Å². The van der Waals surface area contributed by atoms with Gasteiger partial charge >= 0.3 is 0 Å². The summed E-state index contributed by atoms with van der Waals surface area (Å²) < 4.78 is 1.05. The van der Waals surface area contributed by atoms with Crippen LogP contribution in [0.4, 0.5) is 16.6 Å². The summed E-state index contributed by atoms with van der Waals surface area (Å²) >= 11 is 5.00. The van der Waals surface area contributed by atoms with E-state index in [0.29, 0.717) is 13.0 Å². The predicted octanol–water partition coefficient (Wildman–Crippen LogP) is 2.84. The fraction of sp³-hybridized carbons (Fsp3) is 0.273. The second-order valence-electron chi connectivity index (χ2n) is 3.55. The zero-order chi connectivity index (χ0) is 12.8. The van der Waals surface area contributed by atoms with Crippen LogP contribution in [0.5, 0.6) is 0 Å². The second kappa shape index (κ2) is 6.67. The Morgan fingerprint density at radius 3 is 2.83 bits per heavy atom. The fourth-order valence-electron chi connectivity index (χ4n) is 1.32. The highest BCUT2D eigenvalue weighted by atomic mass is 79.9. The summed E-state index contributed by atoms with van der Waals surface area (Å²) in [7, 11) is 0. The first-order chi connectivity index (χ1) is 8.78. The minimum atomic E-state index is 0.173. The Labute approximate surface area is 117 Å². The van der Waals surface area contributed by atoms with Crippen molar-refractivity contribution < 1.29 is 5.11 Å². The molecule has 0 saturated heterocycles. The van der Waals surface area contributed by atoms with Crippen LogP contribution in [0.3, 0.4) is 0 Å². The highest BCUT2D eigenvalue weighted by Crippen LogP contribution is 2.27.